The number of aromatic nitrogens is 1. The van der Waals surface area contributed by atoms with Gasteiger partial charge in [-0.25, -0.2) is 0 Å². The molecule has 0 saturated carbocycles. The van der Waals surface area contributed by atoms with E-state index in [1.165, 1.54) is 49.7 Å². The highest BCUT2D eigenvalue weighted by Gasteiger charge is 2.23. The number of rotatable bonds is 8. The third kappa shape index (κ3) is 5.95. The van der Waals surface area contributed by atoms with Gasteiger partial charge in [0.2, 0.25) is 0 Å². The highest BCUT2D eigenvalue weighted by atomic mass is 15.1. The van der Waals surface area contributed by atoms with E-state index in [4.69, 9.17) is 0 Å². The molecule has 0 atom stereocenters. The molecule has 0 aliphatic heterocycles. The fourth-order valence-corrected chi connectivity index (χ4v) is 8.29. The van der Waals surface area contributed by atoms with Gasteiger partial charge in [-0.2, -0.15) is 0 Å². The van der Waals surface area contributed by atoms with Crippen LogP contribution in [0.4, 0.5) is 17.1 Å². The average Bonchev–Trinajstić information content (AvgIpc) is 3.61. The molecule has 0 bridgehead atoms. The molecular weight excluding hydrogens is 677 g/mol. The van der Waals surface area contributed by atoms with Crippen molar-refractivity contribution in [3.63, 3.8) is 0 Å². The van der Waals surface area contributed by atoms with Crippen molar-refractivity contribution in [2.75, 3.05) is 4.90 Å². The Bertz CT molecular complexity index is 2950. The molecule has 0 aliphatic carbocycles. The van der Waals surface area contributed by atoms with E-state index in [0.717, 1.165) is 39.4 Å². The Balaban J connectivity index is 1.26. The topological polar surface area (TPSA) is 8.17 Å². The van der Waals surface area contributed by atoms with Crippen LogP contribution in [-0.2, 0) is 0 Å². The lowest BCUT2D eigenvalue weighted by Gasteiger charge is -2.30. The Kier molecular flexibility index (Phi) is 8.55. The summed E-state index contributed by atoms with van der Waals surface area (Å²) in [4.78, 5) is 2.45. The lowest BCUT2D eigenvalue weighted by atomic mass is 9.91. The molecule has 10 aromatic rings. The van der Waals surface area contributed by atoms with Gasteiger partial charge in [-0.05, 0) is 87.5 Å². The third-order valence-electron chi connectivity index (χ3n) is 10.8. The smallest absolute Gasteiger partial charge is 0.0561 e. The first-order valence-electron chi connectivity index (χ1n) is 19.2. The molecule has 0 unspecified atom stereocenters. The van der Waals surface area contributed by atoms with E-state index in [-0.39, 0.29) is 0 Å². The molecule has 2 nitrogen and oxygen atoms in total. The molecule has 0 amide bonds. The highest BCUT2D eigenvalue weighted by molar-refractivity contribution is 6.11. The lowest BCUT2D eigenvalue weighted by molar-refractivity contribution is 1.18. The van der Waals surface area contributed by atoms with Crippen LogP contribution in [0.3, 0.4) is 0 Å². The van der Waals surface area contributed by atoms with Gasteiger partial charge in [-0.3, -0.25) is 0 Å². The van der Waals surface area contributed by atoms with E-state index in [1.807, 2.05) is 0 Å². The van der Waals surface area contributed by atoms with Gasteiger partial charge in [-0.1, -0.05) is 182 Å². The van der Waals surface area contributed by atoms with Gasteiger partial charge in [-0.15, -0.1) is 0 Å². The minimum atomic E-state index is 1.08. The van der Waals surface area contributed by atoms with E-state index in [2.05, 4.69) is 240 Å². The molecule has 2 heteroatoms. The van der Waals surface area contributed by atoms with E-state index >= 15 is 0 Å². The molecule has 0 aliphatic rings. The number of benzene rings is 9. The SMILES string of the molecule is c1ccc(-c2ccccc2-c2cccc(N(c3ccc4c5ccccc5n(-c5ccccc5)c4c3)c3cccc(-c4ccccc4)c3-c3ccccc3)c2)cc1. The number of nitrogens with zero attached hydrogens (tertiary/aromatic N) is 2. The molecule has 0 radical (unpaired) electrons. The first kappa shape index (κ1) is 33.2. The van der Waals surface area contributed by atoms with Crippen LogP contribution in [0.1, 0.15) is 0 Å². The van der Waals surface area contributed by atoms with Crippen molar-refractivity contribution >= 4 is 38.9 Å². The van der Waals surface area contributed by atoms with Crippen molar-refractivity contribution in [1.29, 1.82) is 0 Å². The molecule has 0 spiro atoms. The first-order valence-corrected chi connectivity index (χ1v) is 19.2. The van der Waals surface area contributed by atoms with Gasteiger partial charge >= 0.3 is 0 Å². The van der Waals surface area contributed by atoms with Crippen LogP contribution in [0.2, 0.25) is 0 Å². The van der Waals surface area contributed by atoms with Gasteiger partial charge in [0.15, 0.2) is 0 Å². The van der Waals surface area contributed by atoms with Gasteiger partial charge in [0.1, 0.15) is 0 Å². The third-order valence-corrected chi connectivity index (χ3v) is 10.8. The molecule has 56 heavy (non-hydrogen) atoms. The Morgan fingerprint density at radius 2 is 0.804 bits per heavy atom. The predicted octanol–water partition coefficient (Wildman–Crippen LogP) is 14.9. The summed E-state index contributed by atoms with van der Waals surface area (Å²) in [6.45, 7) is 0. The number of anilines is 3. The maximum Gasteiger partial charge on any atom is 0.0561 e. The van der Waals surface area contributed by atoms with Crippen LogP contribution in [-0.4, -0.2) is 4.57 Å². The summed E-state index contributed by atoms with van der Waals surface area (Å²) in [6, 6.07) is 83.1. The van der Waals surface area contributed by atoms with Gasteiger partial charge in [0.25, 0.3) is 0 Å². The quantitative estimate of drug-likeness (QED) is 0.152. The van der Waals surface area contributed by atoms with E-state index < -0.39 is 0 Å². The van der Waals surface area contributed by atoms with Crippen molar-refractivity contribution in [3.8, 4) is 50.2 Å². The number of hydrogen-bond acceptors (Lipinski definition) is 1. The van der Waals surface area contributed by atoms with Crippen molar-refractivity contribution in [2.45, 2.75) is 0 Å². The van der Waals surface area contributed by atoms with Crippen molar-refractivity contribution in [2.24, 2.45) is 0 Å². The summed E-state index contributed by atoms with van der Waals surface area (Å²) in [5.41, 5.74) is 16.2. The Morgan fingerprint density at radius 3 is 1.52 bits per heavy atom. The zero-order valence-electron chi connectivity index (χ0n) is 30.8. The van der Waals surface area contributed by atoms with E-state index in [9.17, 15) is 0 Å². The number of para-hydroxylation sites is 2. The Hall–Kier alpha value is -7.42. The minimum absolute atomic E-state index is 1.08. The van der Waals surface area contributed by atoms with Crippen LogP contribution < -0.4 is 4.90 Å². The Morgan fingerprint density at radius 1 is 0.304 bits per heavy atom. The second kappa shape index (κ2) is 14.4. The van der Waals surface area contributed by atoms with Gasteiger partial charge in [0, 0.05) is 33.4 Å². The molecule has 0 N–H and O–H groups in total. The average molecular weight is 715 g/mol. The molecule has 264 valence electrons. The standard InChI is InChI=1S/C54H38N2/c1-5-19-39(20-6-1)46-29-13-14-30-47(46)42-25-17-28-44(37-42)55(52-34-18-32-48(40-21-7-2-8-22-40)54(52)41-23-9-3-10-24-41)45-35-36-50-49-31-15-16-33-51(49)56(53(50)38-45)43-26-11-4-12-27-43/h1-38H. The van der Waals surface area contributed by atoms with Gasteiger partial charge < -0.3 is 9.47 Å². The van der Waals surface area contributed by atoms with Gasteiger partial charge in [0.05, 0.1) is 16.7 Å². The van der Waals surface area contributed by atoms with Crippen LogP contribution in [0, 0.1) is 0 Å². The summed E-state index contributed by atoms with van der Waals surface area (Å²) >= 11 is 0. The monoisotopic (exact) mass is 714 g/mol. The summed E-state index contributed by atoms with van der Waals surface area (Å²) in [5.74, 6) is 0. The maximum absolute atomic E-state index is 2.45. The molecule has 10 rings (SSSR count). The number of fused-ring (bicyclic) bond motifs is 3. The van der Waals surface area contributed by atoms with Crippen molar-refractivity contribution < 1.29 is 0 Å². The fraction of sp³-hybridized carbons (Fsp3) is 0. The molecule has 1 aromatic heterocycles. The highest BCUT2D eigenvalue weighted by Crippen LogP contribution is 2.47. The molecule has 9 aromatic carbocycles. The van der Waals surface area contributed by atoms with Crippen LogP contribution in [0.5, 0.6) is 0 Å². The zero-order valence-corrected chi connectivity index (χ0v) is 30.8. The predicted molar refractivity (Wildman–Crippen MR) is 237 cm³/mol. The molecule has 1 heterocycles. The van der Waals surface area contributed by atoms with Crippen LogP contribution >= 0.6 is 0 Å². The second-order valence-electron chi connectivity index (χ2n) is 14.1. The number of hydrogen-bond donors (Lipinski definition) is 0. The first-order chi connectivity index (χ1) is 27.8. The summed E-state index contributed by atoms with van der Waals surface area (Å²) < 4.78 is 2.40. The summed E-state index contributed by atoms with van der Waals surface area (Å²) in [7, 11) is 0. The summed E-state index contributed by atoms with van der Waals surface area (Å²) in [5, 5.41) is 2.46. The lowest BCUT2D eigenvalue weighted by Crippen LogP contribution is -2.12. The van der Waals surface area contributed by atoms with Crippen molar-refractivity contribution in [1.82, 2.24) is 4.57 Å². The largest absolute Gasteiger partial charge is 0.310 e. The van der Waals surface area contributed by atoms with Crippen molar-refractivity contribution in [3.05, 3.63) is 231 Å². The normalized spacial score (nSPS) is 11.2. The molecule has 0 saturated heterocycles. The fourth-order valence-electron chi connectivity index (χ4n) is 8.29. The summed E-state index contributed by atoms with van der Waals surface area (Å²) in [6.07, 6.45) is 0. The minimum Gasteiger partial charge on any atom is -0.310 e. The second-order valence-corrected chi connectivity index (χ2v) is 14.1. The van der Waals surface area contributed by atoms with E-state index in [0.29, 0.717) is 0 Å². The molecular formula is C54H38N2. The Labute approximate surface area is 327 Å². The van der Waals surface area contributed by atoms with E-state index in [1.54, 1.807) is 0 Å². The maximum atomic E-state index is 2.45. The van der Waals surface area contributed by atoms with Crippen LogP contribution in [0.25, 0.3) is 72.0 Å². The zero-order chi connectivity index (χ0) is 37.3. The molecule has 0 fully saturated rings. The van der Waals surface area contributed by atoms with Crippen LogP contribution in [0.15, 0.2) is 231 Å².